The van der Waals surface area contributed by atoms with Crippen molar-refractivity contribution in [2.45, 2.75) is 13.5 Å². The molecule has 0 aromatic carbocycles. The monoisotopic (exact) mass is 168 g/mol. The first-order valence-corrected chi connectivity index (χ1v) is 3.60. The first kappa shape index (κ1) is 23.1. The second kappa shape index (κ2) is 44.3. The number of hydrogen-bond acceptors (Lipinski definition) is 2. The van der Waals surface area contributed by atoms with E-state index in [1.807, 2.05) is 0 Å². The van der Waals surface area contributed by atoms with Crippen molar-refractivity contribution in [2.24, 2.45) is 0 Å². The molecule has 0 aliphatic carbocycles. The number of aliphatic hydroxyl groups excluding tert-OH is 2. The van der Waals surface area contributed by atoms with Gasteiger partial charge in [-0.05, 0) is 17.0 Å². The van der Waals surface area contributed by atoms with Gasteiger partial charge in [0.1, 0.15) is 0 Å². The van der Waals surface area contributed by atoms with E-state index in [1.165, 1.54) is 0 Å². The van der Waals surface area contributed by atoms with Crippen LogP contribution >= 0.6 is 0 Å². The summed E-state index contributed by atoms with van der Waals surface area (Å²) in [6.07, 6.45) is 0.750. The highest BCUT2D eigenvalue weighted by Gasteiger charge is 1.57. The lowest BCUT2D eigenvalue weighted by Crippen LogP contribution is -1.73. The van der Waals surface area contributed by atoms with E-state index in [0.717, 1.165) is 22.5 Å². The molecule has 0 saturated heterocycles. The molecular weight excluding hydrogens is 148 g/mol. The Morgan fingerprint density at radius 1 is 1.56 bits per heavy atom. The molecule has 0 saturated carbocycles. The molecule has 4 heteroatoms. The number of hydrogen-bond donors (Lipinski definition) is 2. The van der Waals surface area contributed by atoms with Crippen LogP contribution in [0.25, 0.3) is 0 Å². The smallest absolute Gasteiger partial charge is 0.0719 e. The maximum Gasteiger partial charge on any atom is 0.0719 e. The zero-order valence-electron chi connectivity index (χ0n) is 4.59. The van der Waals surface area contributed by atoms with Gasteiger partial charge in [-0.1, -0.05) is 14.0 Å². The number of aliphatic hydroxyl groups is 2. The molecule has 0 heterocycles. The van der Waals surface area contributed by atoms with Gasteiger partial charge < -0.3 is 10.2 Å². The lowest BCUT2D eigenvalue weighted by atomic mass is 10.9. The van der Waals surface area contributed by atoms with Gasteiger partial charge >= 0.3 is 0 Å². The Kier molecular flexibility index (Phi) is 114. The molecule has 60 valence electrons. The molecule has 0 aliphatic rings. The third-order valence-electron chi connectivity index (χ3n) is 0.224. The molecule has 2 N–H and O–H groups in total. The van der Waals surface area contributed by atoms with Gasteiger partial charge in [0.25, 0.3) is 0 Å². The highest BCUT2D eigenvalue weighted by molar-refractivity contribution is 6.08. The van der Waals surface area contributed by atoms with Crippen LogP contribution < -0.4 is 0 Å². The van der Waals surface area contributed by atoms with Crippen molar-refractivity contribution < 1.29 is 10.2 Å². The van der Waals surface area contributed by atoms with Crippen molar-refractivity contribution >= 4 is 21.2 Å². The van der Waals surface area contributed by atoms with Gasteiger partial charge in [-0.3, -0.25) is 0 Å². The van der Waals surface area contributed by atoms with Crippen LogP contribution in [-0.2, 0) is 0 Å². The average molecular weight is 168 g/mol. The maximum atomic E-state index is 7.91. The largest absolute Gasteiger partial charge is 0.516 e. The van der Waals surface area contributed by atoms with Crippen molar-refractivity contribution in [1.82, 2.24) is 0 Å². The van der Waals surface area contributed by atoms with Gasteiger partial charge in [0.15, 0.2) is 0 Å². The summed E-state index contributed by atoms with van der Waals surface area (Å²) >= 11 is 0. The summed E-state index contributed by atoms with van der Waals surface area (Å²) in [6.45, 7) is 3.30. The summed E-state index contributed by atoms with van der Waals surface area (Å²) in [4.78, 5) is 0. The standard InChI is InChI=1S/C2H8OSi.C2H4O.CH4.H4Si/c3-1-2-4;1-2-3;;/h3H,1-2H2,4H3;2-3H,1H2;2*1H4. The molecule has 0 rings (SSSR count). The minimum Gasteiger partial charge on any atom is -0.516 e. The van der Waals surface area contributed by atoms with Gasteiger partial charge in [-0.2, -0.15) is 0 Å². The van der Waals surface area contributed by atoms with Gasteiger partial charge in [0, 0.05) is 16.8 Å². The molecule has 9 heavy (non-hydrogen) atoms. The fourth-order valence-corrected chi connectivity index (χ4v) is 0. The highest BCUT2D eigenvalue weighted by Crippen LogP contribution is 1.56. The van der Waals surface area contributed by atoms with Crippen LogP contribution in [0.2, 0.25) is 6.04 Å². The summed E-state index contributed by atoms with van der Waals surface area (Å²) in [6, 6.07) is 1.01. The molecule has 0 bridgehead atoms. The third-order valence-corrected chi connectivity index (χ3v) is 0.671. The fraction of sp³-hybridized carbons (Fsp3) is 0.600. The molecule has 0 radical (unpaired) electrons. The van der Waals surface area contributed by atoms with E-state index in [4.69, 9.17) is 10.2 Å². The molecule has 0 aliphatic heterocycles. The molecule has 0 unspecified atom stereocenters. The Labute approximate surface area is 65.1 Å². The predicted octanol–water partition coefficient (Wildman–Crippen LogP) is -1.37. The second-order valence-electron chi connectivity index (χ2n) is 0.906. The first-order valence-electron chi connectivity index (χ1n) is 2.19. The van der Waals surface area contributed by atoms with Crippen molar-refractivity contribution in [1.29, 1.82) is 0 Å². The summed E-state index contributed by atoms with van der Waals surface area (Å²) < 4.78 is 0. The summed E-state index contributed by atoms with van der Waals surface area (Å²) in [5.41, 5.74) is 0. The van der Waals surface area contributed by atoms with E-state index in [2.05, 4.69) is 6.58 Å². The lowest BCUT2D eigenvalue weighted by molar-refractivity contribution is 0.319. The zero-order chi connectivity index (χ0) is 6.12. The van der Waals surface area contributed by atoms with Crippen LogP contribution in [-0.4, -0.2) is 38.0 Å². The Morgan fingerprint density at radius 2 is 1.67 bits per heavy atom. The van der Waals surface area contributed by atoms with Gasteiger partial charge in [-0.15, -0.1) is 0 Å². The van der Waals surface area contributed by atoms with Gasteiger partial charge in [0.2, 0.25) is 0 Å². The summed E-state index contributed by atoms with van der Waals surface area (Å²) in [5, 5.41) is 15.2. The van der Waals surface area contributed by atoms with E-state index in [1.54, 1.807) is 0 Å². The lowest BCUT2D eigenvalue weighted by Gasteiger charge is -1.69. The highest BCUT2D eigenvalue weighted by atomic mass is 28.1. The minimum atomic E-state index is 0. The minimum absolute atomic E-state index is 0. The van der Waals surface area contributed by atoms with Crippen LogP contribution in [0, 0.1) is 0 Å². The fourth-order valence-electron chi connectivity index (χ4n) is 0. The molecule has 0 atom stereocenters. The van der Waals surface area contributed by atoms with E-state index >= 15 is 0 Å². The molecule has 0 fully saturated rings. The topological polar surface area (TPSA) is 40.5 Å². The van der Waals surface area contributed by atoms with Crippen LogP contribution in [0.4, 0.5) is 0 Å². The van der Waals surface area contributed by atoms with Crippen LogP contribution in [0.15, 0.2) is 12.8 Å². The normalized spacial score (nSPS) is 5.00. The van der Waals surface area contributed by atoms with Crippen molar-refractivity contribution in [3.05, 3.63) is 12.8 Å². The van der Waals surface area contributed by atoms with E-state index < -0.39 is 0 Å². The Bertz CT molecular complexity index is 32.1. The Hall–Kier alpha value is -0.0662. The van der Waals surface area contributed by atoms with Gasteiger partial charge in [-0.25, -0.2) is 0 Å². The molecular formula is C5H20O2Si2. The molecule has 0 aromatic rings. The Morgan fingerprint density at radius 3 is 1.67 bits per heavy atom. The molecule has 0 amide bonds. The van der Waals surface area contributed by atoms with Crippen molar-refractivity contribution in [2.75, 3.05) is 6.61 Å². The van der Waals surface area contributed by atoms with E-state index in [0.29, 0.717) is 6.61 Å². The van der Waals surface area contributed by atoms with Gasteiger partial charge in [0.05, 0.1) is 6.26 Å². The Balaban J connectivity index is -0.0000000233. The van der Waals surface area contributed by atoms with Crippen molar-refractivity contribution in [3.63, 3.8) is 0 Å². The van der Waals surface area contributed by atoms with E-state index in [9.17, 15) is 0 Å². The molecule has 2 nitrogen and oxygen atoms in total. The van der Waals surface area contributed by atoms with Crippen LogP contribution in [0.1, 0.15) is 7.43 Å². The second-order valence-corrected chi connectivity index (χ2v) is 1.91. The molecule has 0 aromatic heterocycles. The quantitative estimate of drug-likeness (QED) is 0.375. The summed E-state index contributed by atoms with van der Waals surface area (Å²) in [7, 11) is 1.14. The van der Waals surface area contributed by atoms with Crippen LogP contribution in [0.3, 0.4) is 0 Å². The maximum absolute atomic E-state index is 7.91. The molecule has 0 spiro atoms. The van der Waals surface area contributed by atoms with E-state index in [-0.39, 0.29) is 18.4 Å². The third kappa shape index (κ3) is 320. The summed E-state index contributed by atoms with van der Waals surface area (Å²) in [5.74, 6) is 0. The zero-order valence-corrected chi connectivity index (χ0v) is 6.59. The van der Waals surface area contributed by atoms with Crippen molar-refractivity contribution in [3.8, 4) is 0 Å². The predicted molar refractivity (Wildman–Crippen MR) is 52.7 cm³/mol. The first-order chi connectivity index (χ1) is 3.33. The van der Waals surface area contributed by atoms with Crippen LogP contribution in [0.5, 0.6) is 0 Å². The number of rotatable bonds is 1. The SMILES string of the molecule is C.C=CO.OCC[SiH3].[SiH4]. The average Bonchev–Trinajstić information content (AvgIpc) is 1.69.